The number of carbonyl (C=O) groups excluding carboxylic acids is 2. The first-order chi connectivity index (χ1) is 14.0. The zero-order valence-corrected chi connectivity index (χ0v) is 16.2. The van der Waals surface area contributed by atoms with Crippen LogP contribution in [0.15, 0.2) is 53.7 Å². The van der Waals surface area contributed by atoms with Crippen molar-refractivity contribution in [1.29, 1.82) is 0 Å². The van der Waals surface area contributed by atoms with Crippen molar-refractivity contribution in [3.63, 3.8) is 0 Å². The van der Waals surface area contributed by atoms with E-state index in [1.165, 1.54) is 5.01 Å². The zero-order valence-electron chi connectivity index (χ0n) is 16.2. The van der Waals surface area contributed by atoms with Crippen molar-refractivity contribution in [2.45, 2.75) is 31.7 Å². The Morgan fingerprint density at radius 3 is 2.34 bits per heavy atom. The van der Waals surface area contributed by atoms with Crippen LogP contribution in [0, 0.1) is 11.8 Å². The van der Waals surface area contributed by atoms with Crippen LogP contribution in [0.25, 0.3) is 0 Å². The van der Waals surface area contributed by atoms with Crippen LogP contribution >= 0.6 is 0 Å². The summed E-state index contributed by atoms with van der Waals surface area (Å²) in [4.78, 5) is 37.8. The number of piperidine rings is 1. The van der Waals surface area contributed by atoms with Crippen LogP contribution in [-0.4, -0.2) is 35.6 Å². The second-order valence-corrected chi connectivity index (χ2v) is 7.66. The second-order valence-electron chi connectivity index (χ2n) is 7.66. The molecule has 150 valence electrons. The van der Waals surface area contributed by atoms with Gasteiger partial charge in [0, 0.05) is 24.5 Å². The first-order valence-corrected chi connectivity index (χ1v) is 9.65. The maximum Gasteiger partial charge on any atom is 0.341 e. The third kappa shape index (κ3) is 3.78. The van der Waals surface area contributed by atoms with Gasteiger partial charge in [0.15, 0.2) is 0 Å². The number of anilines is 2. The van der Waals surface area contributed by atoms with E-state index >= 15 is 0 Å². The first kappa shape index (κ1) is 18.9. The Morgan fingerprint density at radius 1 is 1.07 bits per heavy atom. The molecule has 0 saturated carbocycles. The molecule has 29 heavy (non-hydrogen) atoms. The van der Waals surface area contributed by atoms with Crippen LogP contribution in [0.3, 0.4) is 0 Å². The van der Waals surface area contributed by atoms with E-state index in [4.69, 9.17) is 0 Å². The van der Waals surface area contributed by atoms with Gasteiger partial charge in [0.05, 0.1) is 12.0 Å². The molecule has 2 aliphatic heterocycles. The summed E-state index contributed by atoms with van der Waals surface area (Å²) in [5.41, 5.74) is 5.39. The van der Waals surface area contributed by atoms with Gasteiger partial charge in [-0.1, -0.05) is 17.7 Å². The lowest BCUT2D eigenvalue weighted by Gasteiger charge is -2.43. The number of nitroso groups, excluding NO2 is 1. The average molecular weight is 393 g/mol. The van der Waals surface area contributed by atoms with E-state index in [1.54, 1.807) is 12.1 Å². The number of hydrazine groups is 1. The molecule has 3 amide bonds. The Hall–Kier alpha value is -3.42. The summed E-state index contributed by atoms with van der Waals surface area (Å²) in [6, 6.07) is 14.3. The second kappa shape index (κ2) is 7.54. The van der Waals surface area contributed by atoms with Gasteiger partial charge >= 0.3 is 6.03 Å². The molecule has 2 saturated heterocycles. The highest BCUT2D eigenvalue weighted by atomic mass is 16.3. The van der Waals surface area contributed by atoms with E-state index in [-0.39, 0.29) is 11.9 Å². The molecule has 2 aromatic carbocycles. The monoisotopic (exact) mass is 393 g/mol. The van der Waals surface area contributed by atoms with Gasteiger partial charge < -0.3 is 10.2 Å². The summed E-state index contributed by atoms with van der Waals surface area (Å²) in [5, 5.41) is 7.28. The summed E-state index contributed by atoms with van der Waals surface area (Å²) < 4.78 is 0. The zero-order chi connectivity index (χ0) is 20.4. The maximum atomic E-state index is 12.9. The van der Waals surface area contributed by atoms with E-state index < -0.39 is 5.54 Å². The minimum atomic E-state index is -0.535. The Morgan fingerprint density at radius 2 is 1.72 bits per heavy atom. The van der Waals surface area contributed by atoms with Crippen molar-refractivity contribution >= 4 is 29.0 Å². The van der Waals surface area contributed by atoms with Gasteiger partial charge in [0.1, 0.15) is 5.69 Å². The van der Waals surface area contributed by atoms with Gasteiger partial charge in [-0.2, -0.15) is 0 Å². The van der Waals surface area contributed by atoms with Gasteiger partial charge in [0.2, 0.25) is 5.91 Å². The number of urea groups is 1. The minimum Gasteiger partial charge on any atom is -0.371 e. The highest BCUT2D eigenvalue weighted by Gasteiger charge is 2.49. The van der Waals surface area contributed by atoms with Crippen molar-refractivity contribution in [3.8, 4) is 0 Å². The Kier molecular flexibility index (Phi) is 4.92. The molecule has 8 nitrogen and oxygen atoms in total. The lowest BCUT2D eigenvalue weighted by atomic mass is 9.84. The standard InChI is InChI=1S/C21H23N5O3/c1-15-2-4-16(5-3-15)22-20(28)26-21(14-19(27)23-26)10-12-25(13-11-21)18-8-6-17(24-29)7-9-18/h2-9H,10-14H2,1H3,(H,22,28)(H,23,27). The fraction of sp³-hybridized carbons (Fsp3) is 0.333. The van der Waals surface area contributed by atoms with Gasteiger partial charge in [-0.25, -0.2) is 9.80 Å². The summed E-state index contributed by atoms with van der Waals surface area (Å²) in [6.07, 6.45) is 1.64. The predicted octanol–water partition coefficient (Wildman–Crippen LogP) is 3.70. The Bertz CT molecular complexity index is 918. The molecule has 8 heteroatoms. The molecular formula is C21H23N5O3. The van der Waals surface area contributed by atoms with Gasteiger partial charge in [-0.15, -0.1) is 4.91 Å². The molecule has 0 radical (unpaired) electrons. The van der Waals surface area contributed by atoms with E-state index in [0.29, 0.717) is 43.7 Å². The number of rotatable bonds is 3. The fourth-order valence-electron chi connectivity index (χ4n) is 4.05. The van der Waals surface area contributed by atoms with Crippen LogP contribution in [0.4, 0.5) is 21.9 Å². The number of amides is 3. The number of aryl methyl sites for hydroxylation is 1. The van der Waals surface area contributed by atoms with Crippen molar-refractivity contribution < 1.29 is 9.59 Å². The topological polar surface area (TPSA) is 94.1 Å². The van der Waals surface area contributed by atoms with Crippen LogP contribution in [0.5, 0.6) is 0 Å². The molecule has 4 rings (SSSR count). The van der Waals surface area contributed by atoms with Crippen molar-refractivity contribution in [2.24, 2.45) is 5.18 Å². The summed E-state index contributed by atoms with van der Waals surface area (Å²) in [6.45, 7) is 3.40. The van der Waals surface area contributed by atoms with E-state index in [0.717, 1.165) is 11.3 Å². The van der Waals surface area contributed by atoms with Crippen LogP contribution in [-0.2, 0) is 4.79 Å². The largest absolute Gasteiger partial charge is 0.371 e. The number of nitrogens with one attached hydrogen (secondary N) is 2. The van der Waals surface area contributed by atoms with E-state index in [9.17, 15) is 14.5 Å². The summed E-state index contributed by atoms with van der Waals surface area (Å²) >= 11 is 0. The molecule has 2 aromatic rings. The molecule has 0 aromatic heterocycles. The normalized spacial score (nSPS) is 17.9. The van der Waals surface area contributed by atoms with Crippen LogP contribution in [0.1, 0.15) is 24.8 Å². The minimum absolute atomic E-state index is 0.140. The quantitative estimate of drug-likeness (QED) is 0.778. The molecule has 1 spiro atoms. The number of hydrogen-bond donors (Lipinski definition) is 2. The lowest BCUT2D eigenvalue weighted by Crippen LogP contribution is -2.58. The average Bonchev–Trinajstić information content (AvgIpc) is 3.06. The molecule has 0 aliphatic carbocycles. The number of carbonyl (C=O) groups is 2. The number of hydrogen-bond acceptors (Lipinski definition) is 5. The molecular weight excluding hydrogens is 370 g/mol. The predicted molar refractivity (Wildman–Crippen MR) is 111 cm³/mol. The smallest absolute Gasteiger partial charge is 0.341 e. The molecule has 0 unspecified atom stereocenters. The molecule has 2 heterocycles. The van der Waals surface area contributed by atoms with Crippen molar-refractivity contribution in [2.75, 3.05) is 23.3 Å². The van der Waals surface area contributed by atoms with E-state index in [1.807, 2.05) is 43.3 Å². The van der Waals surface area contributed by atoms with Crippen molar-refractivity contribution in [3.05, 3.63) is 59.0 Å². The highest BCUT2D eigenvalue weighted by Crippen LogP contribution is 2.37. The molecule has 2 fully saturated rings. The SMILES string of the molecule is Cc1ccc(NC(=O)N2NC(=O)CC23CCN(c2ccc(N=O)cc2)CC3)cc1. The number of nitrogens with zero attached hydrogens (tertiary/aromatic N) is 3. The first-order valence-electron chi connectivity index (χ1n) is 9.65. The fourth-order valence-corrected chi connectivity index (χ4v) is 4.05. The molecule has 2 aliphatic rings. The summed E-state index contributed by atoms with van der Waals surface area (Å²) in [7, 11) is 0. The lowest BCUT2D eigenvalue weighted by molar-refractivity contribution is -0.120. The van der Waals surface area contributed by atoms with E-state index in [2.05, 4.69) is 20.8 Å². The highest BCUT2D eigenvalue weighted by molar-refractivity contribution is 5.94. The third-order valence-electron chi connectivity index (χ3n) is 5.72. The summed E-state index contributed by atoms with van der Waals surface area (Å²) in [5.74, 6) is -0.140. The van der Waals surface area contributed by atoms with Gasteiger partial charge in [0.25, 0.3) is 0 Å². The maximum absolute atomic E-state index is 12.9. The molecule has 0 atom stereocenters. The Labute approximate surface area is 168 Å². The van der Waals surface area contributed by atoms with Crippen molar-refractivity contribution in [1.82, 2.24) is 10.4 Å². The molecule has 2 N–H and O–H groups in total. The third-order valence-corrected chi connectivity index (χ3v) is 5.72. The van der Waals surface area contributed by atoms with Crippen LogP contribution < -0.4 is 15.6 Å². The van der Waals surface area contributed by atoms with Gasteiger partial charge in [-0.3, -0.25) is 10.2 Å². The number of benzene rings is 2. The van der Waals surface area contributed by atoms with Gasteiger partial charge in [-0.05, 0) is 61.3 Å². The van der Waals surface area contributed by atoms with Crippen LogP contribution in [0.2, 0.25) is 0 Å². The molecule has 0 bridgehead atoms. The Balaban J connectivity index is 1.46.